The van der Waals surface area contributed by atoms with Crippen LogP contribution in [0.15, 0.2) is 23.6 Å². The molecule has 1 fully saturated rings. The van der Waals surface area contributed by atoms with E-state index in [4.69, 9.17) is 10.5 Å². The number of anilines is 2. The van der Waals surface area contributed by atoms with Crippen molar-refractivity contribution in [3.8, 4) is 0 Å². The van der Waals surface area contributed by atoms with E-state index in [1.54, 1.807) is 12.1 Å². The molecule has 1 aliphatic heterocycles. The van der Waals surface area contributed by atoms with Crippen molar-refractivity contribution in [1.29, 1.82) is 0 Å². The molecule has 1 amide bonds. The Labute approximate surface area is 139 Å². The number of thiazole rings is 1. The molecule has 1 saturated heterocycles. The minimum Gasteiger partial charge on any atom is -0.399 e. The van der Waals surface area contributed by atoms with E-state index in [9.17, 15) is 4.79 Å². The number of aryl methyl sites for hydroxylation is 1. The third-order valence-electron chi connectivity index (χ3n) is 3.77. The van der Waals surface area contributed by atoms with Gasteiger partial charge < -0.3 is 10.5 Å². The number of benzene rings is 1. The molecule has 0 bridgehead atoms. The maximum absolute atomic E-state index is 12.4. The second-order valence-corrected chi connectivity index (χ2v) is 6.42. The molecule has 3 rings (SSSR count). The van der Waals surface area contributed by atoms with Gasteiger partial charge in [0.2, 0.25) is 0 Å². The molecule has 0 saturated carbocycles. The first-order chi connectivity index (χ1) is 11.1. The van der Waals surface area contributed by atoms with Crippen LogP contribution < -0.4 is 11.1 Å². The van der Waals surface area contributed by atoms with Gasteiger partial charge in [0.05, 0.1) is 18.9 Å². The van der Waals surface area contributed by atoms with Gasteiger partial charge in [0.25, 0.3) is 5.91 Å². The van der Waals surface area contributed by atoms with E-state index in [-0.39, 0.29) is 5.91 Å². The first kappa shape index (κ1) is 15.9. The van der Waals surface area contributed by atoms with Crippen LogP contribution >= 0.6 is 11.3 Å². The molecule has 0 atom stereocenters. The summed E-state index contributed by atoms with van der Waals surface area (Å²) in [6.45, 7) is 6.04. The van der Waals surface area contributed by atoms with Gasteiger partial charge >= 0.3 is 0 Å². The molecule has 1 aromatic carbocycles. The number of carbonyl (C=O) groups is 1. The van der Waals surface area contributed by atoms with Crippen LogP contribution in [0.4, 0.5) is 10.8 Å². The fourth-order valence-electron chi connectivity index (χ4n) is 2.47. The number of nitrogens with one attached hydrogen (secondary N) is 1. The number of nitrogen functional groups attached to an aromatic ring is 1. The number of aromatic nitrogens is 1. The lowest BCUT2D eigenvalue weighted by molar-refractivity contribution is 0.0337. The van der Waals surface area contributed by atoms with Crippen LogP contribution in [0.1, 0.15) is 21.6 Å². The molecule has 2 heterocycles. The van der Waals surface area contributed by atoms with Crippen molar-refractivity contribution in [2.45, 2.75) is 13.5 Å². The van der Waals surface area contributed by atoms with Crippen LogP contribution in [-0.4, -0.2) is 42.1 Å². The number of morpholine rings is 1. The molecule has 0 radical (unpaired) electrons. The van der Waals surface area contributed by atoms with Gasteiger partial charge in [0, 0.05) is 36.3 Å². The number of rotatable bonds is 4. The lowest BCUT2D eigenvalue weighted by atomic mass is 10.1. The van der Waals surface area contributed by atoms with E-state index < -0.39 is 0 Å². The van der Waals surface area contributed by atoms with Crippen LogP contribution in [0.2, 0.25) is 0 Å². The van der Waals surface area contributed by atoms with Crippen molar-refractivity contribution < 1.29 is 9.53 Å². The highest BCUT2D eigenvalue weighted by atomic mass is 32.1. The molecule has 0 aliphatic carbocycles. The minimum atomic E-state index is -0.179. The SMILES string of the molecule is Cc1ccc(N)cc1C(=O)Nc1nc(CN2CCOCC2)cs1. The molecule has 3 N–H and O–H groups in total. The predicted octanol–water partition coefficient (Wildman–Crippen LogP) is 2.12. The predicted molar refractivity (Wildman–Crippen MR) is 91.8 cm³/mol. The van der Waals surface area contributed by atoms with Gasteiger partial charge in [0.1, 0.15) is 0 Å². The molecule has 7 heteroatoms. The maximum atomic E-state index is 12.4. The quantitative estimate of drug-likeness (QED) is 0.838. The van der Waals surface area contributed by atoms with Crippen molar-refractivity contribution in [2.75, 3.05) is 37.4 Å². The van der Waals surface area contributed by atoms with Gasteiger partial charge in [-0.3, -0.25) is 15.0 Å². The number of amides is 1. The van der Waals surface area contributed by atoms with E-state index >= 15 is 0 Å². The van der Waals surface area contributed by atoms with Gasteiger partial charge in [-0.15, -0.1) is 11.3 Å². The topological polar surface area (TPSA) is 80.5 Å². The van der Waals surface area contributed by atoms with Gasteiger partial charge in [-0.1, -0.05) is 6.07 Å². The van der Waals surface area contributed by atoms with Crippen molar-refractivity contribution in [1.82, 2.24) is 9.88 Å². The average molecular weight is 332 g/mol. The third-order valence-corrected chi connectivity index (χ3v) is 4.57. The molecular formula is C16H20N4O2S. The Morgan fingerprint density at radius 1 is 1.43 bits per heavy atom. The van der Waals surface area contributed by atoms with Crippen molar-refractivity contribution >= 4 is 28.1 Å². The summed E-state index contributed by atoms with van der Waals surface area (Å²) >= 11 is 1.44. The molecule has 6 nitrogen and oxygen atoms in total. The monoisotopic (exact) mass is 332 g/mol. The highest BCUT2D eigenvalue weighted by Gasteiger charge is 2.15. The summed E-state index contributed by atoms with van der Waals surface area (Å²) in [4.78, 5) is 19.2. The Morgan fingerprint density at radius 2 is 2.22 bits per heavy atom. The van der Waals surface area contributed by atoms with Gasteiger partial charge in [-0.2, -0.15) is 0 Å². The van der Waals surface area contributed by atoms with E-state index in [1.807, 2.05) is 18.4 Å². The standard InChI is InChI=1S/C16H20N4O2S/c1-11-2-3-12(17)8-14(11)15(21)19-16-18-13(10-23-16)9-20-4-6-22-7-5-20/h2-3,8,10H,4-7,9,17H2,1H3,(H,18,19,21). The Balaban J connectivity index is 1.64. The summed E-state index contributed by atoms with van der Waals surface area (Å²) < 4.78 is 5.34. The molecular weight excluding hydrogens is 312 g/mol. The van der Waals surface area contributed by atoms with Crippen molar-refractivity contribution in [3.63, 3.8) is 0 Å². The molecule has 0 unspecified atom stereocenters. The second kappa shape index (κ2) is 7.08. The van der Waals surface area contributed by atoms with Crippen molar-refractivity contribution in [2.24, 2.45) is 0 Å². The highest BCUT2D eigenvalue weighted by molar-refractivity contribution is 7.14. The zero-order valence-corrected chi connectivity index (χ0v) is 13.9. The van der Waals surface area contributed by atoms with Crippen LogP contribution in [0.3, 0.4) is 0 Å². The number of hydrogen-bond acceptors (Lipinski definition) is 6. The molecule has 1 aromatic heterocycles. The van der Waals surface area contributed by atoms with Crippen LogP contribution in [-0.2, 0) is 11.3 Å². The van der Waals surface area contributed by atoms with Crippen molar-refractivity contribution in [3.05, 3.63) is 40.4 Å². The van der Waals surface area contributed by atoms with Crippen LogP contribution in [0.5, 0.6) is 0 Å². The summed E-state index contributed by atoms with van der Waals surface area (Å²) in [5.74, 6) is -0.179. The summed E-state index contributed by atoms with van der Waals surface area (Å²) in [6.07, 6.45) is 0. The normalized spacial score (nSPS) is 15.5. The van der Waals surface area contributed by atoms with E-state index in [2.05, 4.69) is 15.2 Å². The molecule has 23 heavy (non-hydrogen) atoms. The first-order valence-corrected chi connectivity index (χ1v) is 8.42. The van der Waals surface area contributed by atoms with E-state index in [1.165, 1.54) is 11.3 Å². The highest BCUT2D eigenvalue weighted by Crippen LogP contribution is 2.20. The van der Waals surface area contributed by atoms with Gasteiger partial charge in [-0.05, 0) is 24.6 Å². The lowest BCUT2D eigenvalue weighted by Crippen LogP contribution is -2.35. The smallest absolute Gasteiger partial charge is 0.257 e. The van der Waals surface area contributed by atoms with Gasteiger partial charge in [0.15, 0.2) is 5.13 Å². The Bertz CT molecular complexity index is 695. The number of hydrogen-bond donors (Lipinski definition) is 2. The fraction of sp³-hybridized carbons (Fsp3) is 0.375. The average Bonchev–Trinajstić information content (AvgIpc) is 2.97. The van der Waals surface area contributed by atoms with E-state index in [0.29, 0.717) is 16.4 Å². The second-order valence-electron chi connectivity index (χ2n) is 5.56. The molecule has 122 valence electrons. The zero-order chi connectivity index (χ0) is 16.2. The Kier molecular flexibility index (Phi) is 4.90. The molecule has 1 aliphatic rings. The van der Waals surface area contributed by atoms with E-state index in [0.717, 1.165) is 44.1 Å². The minimum absolute atomic E-state index is 0.179. The number of ether oxygens (including phenoxy) is 1. The fourth-order valence-corrected chi connectivity index (χ4v) is 3.17. The number of nitrogens with zero attached hydrogens (tertiary/aromatic N) is 2. The third kappa shape index (κ3) is 4.07. The summed E-state index contributed by atoms with van der Waals surface area (Å²) in [6, 6.07) is 5.32. The summed E-state index contributed by atoms with van der Waals surface area (Å²) in [7, 11) is 0. The number of carbonyl (C=O) groups excluding carboxylic acids is 1. The van der Waals surface area contributed by atoms with Gasteiger partial charge in [-0.25, -0.2) is 4.98 Å². The largest absolute Gasteiger partial charge is 0.399 e. The summed E-state index contributed by atoms with van der Waals surface area (Å²) in [5.41, 5.74) is 8.77. The Hall–Kier alpha value is -1.96. The molecule has 2 aromatic rings. The molecule has 0 spiro atoms. The first-order valence-electron chi connectivity index (χ1n) is 7.54. The maximum Gasteiger partial charge on any atom is 0.257 e. The Morgan fingerprint density at radius 3 is 3.00 bits per heavy atom. The summed E-state index contributed by atoms with van der Waals surface area (Å²) in [5, 5.41) is 5.45. The number of nitrogens with two attached hydrogens (primary N) is 1. The van der Waals surface area contributed by atoms with Crippen LogP contribution in [0.25, 0.3) is 0 Å². The lowest BCUT2D eigenvalue weighted by Gasteiger charge is -2.25. The zero-order valence-electron chi connectivity index (χ0n) is 13.0. The van der Waals surface area contributed by atoms with Crippen LogP contribution in [0, 0.1) is 6.92 Å².